The Labute approximate surface area is 60.7 Å². The molecule has 0 heterocycles. The van der Waals surface area contributed by atoms with Crippen molar-refractivity contribution in [3.63, 3.8) is 0 Å². The van der Waals surface area contributed by atoms with E-state index in [-0.39, 0.29) is 60.4 Å². The molecular formula is H9ClF5Sb. The van der Waals surface area contributed by atoms with Crippen LogP contribution in [0.5, 0.6) is 0 Å². The summed E-state index contributed by atoms with van der Waals surface area (Å²) in [7, 11) is 0. The second-order valence-electron chi connectivity index (χ2n) is 0. The van der Waals surface area contributed by atoms with Crippen molar-refractivity contribution in [3.05, 3.63) is 0 Å². The molecule has 0 aromatic heterocycles. The maximum atomic E-state index is 0. The molecule has 0 nitrogen and oxygen atoms in total. The van der Waals surface area contributed by atoms with Crippen LogP contribution in [0.15, 0.2) is 0 Å². The van der Waals surface area contributed by atoms with Crippen LogP contribution in [0.1, 0.15) is 0 Å². The minimum absolute atomic E-state index is 0. The average Bonchev–Trinajstić information content (AvgIpc) is 0. The van der Waals surface area contributed by atoms with E-state index in [1.54, 1.807) is 0 Å². The van der Waals surface area contributed by atoms with Gasteiger partial charge in [-0.05, 0) is 0 Å². The molecule has 0 amide bonds. The Morgan fingerprint density at radius 2 is 0.429 bits per heavy atom. The molecule has 0 spiro atoms. The summed E-state index contributed by atoms with van der Waals surface area (Å²) in [4.78, 5) is 0. The Hall–Kier alpha value is 0.758. The quantitative estimate of drug-likeness (QED) is 0.425. The van der Waals surface area contributed by atoms with Crippen LogP contribution in [0.4, 0.5) is 23.5 Å². The minimum atomic E-state index is 0. The van der Waals surface area contributed by atoms with Gasteiger partial charge in [0.15, 0.2) is 0 Å². The number of hydrogen-bond acceptors (Lipinski definition) is 0. The molecule has 0 fully saturated rings. The van der Waals surface area contributed by atoms with Crippen molar-refractivity contribution in [3.8, 4) is 0 Å². The summed E-state index contributed by atoms with van der Waals surface area (Å²) in [6, 6.07) is 0. The van der Waals surface area contributed by atoms with Crippen LogP contribution in [0.2, 0.25) is 0 Å². The van der Waals surface area contributed by atoms with Crippen LogP contribution >= 0.6 is 12.4 Å². The molecule has 7 heteroatoms. The molecule has 56 valence electrons. The van der Waals surface area contributed by atoms with Gasteiger partial charge in [0.1, 0.15) is 0 Å². The first-order valence-corrected chi connectivity index (χ1v) is 0. The van der Waals surface area contributed by atoms with E-state index in [9.17, 15) is 0 Å². The van der Waals surface area contributed by atoms with Crippen LogP contribution in [-0.2, 0) is 0 Å². The zero-order valence-corrected chi connectivity index (χ0v) is 8.01. The van der Waals surface area contributed by atoms with E-state index >= 15 is 0 Å². The van der Waals surface area contributed by atoms with E-state index in [0.29, 0.717) is 0 Å². The van der Waals surface area contributed by atoms with Crippen LogP contribution in [0.25, 0.3) is 0 Å². The predicted octanol–water partition coefficient (Wildman–Crippen LogP) is 0.000400. The molecule has 0 N–H and O–H groups in total. The maximum absolute atomic E-state index is 0. The van der Waals surface area contributed by atoms with E-state index in [0.717, 1.165) is 0 Å². The summed E-state index contributed by atoms with van der Waals surface area (Å²) in [5.74, 6) is 0. The van der Waals surface area contributed by atoms with Gasteiger partial charge in [-0.25, -0.2) is 0 Å². The molecular weight excluding hydrogens is 252 g/mol. The molecule has 0 aliphatic rings. The molecule has 0 atom stereocenters. The zero-order chi connectivity index (χ0) is 0. The average molecular weight is 261 g/mol. The summed E-state index contributed by atoms with van der Waals surface area (Å²) >= 11 is 0. The van der Waals surface area contributed by atoms with Crippen molar-refractivity contribution in [2.75, 3.05) is 0 Å². The molecule has 0 bridgehead atoms. The van der Waals surface area contributed by atoms with Crippen molar-refractivity contribution >= 4 is 36.8 Å². The van der Waals surface area contributed by atoms with Crippen LogP contribution < -0.4 is 0 Å². The predicted molar refractivity (Wildman–Crippen MR) is 29.7 cm³/mol. The monoisotopic (exact) mass is 260 g/mol. The van der Waals surface area contributed by atoms with Crippen LogP contribution in [0, 0.1) is 0 Å². The molecule has 0 aliphatic carbocycles. The molecule has 0 saturated heterocycles. The third kappa shape index (κ3) is 266. The standard InChI is InChI=1S/ClH.5FH.Sb.3H/h6*1H;;;;. The fourth-order valence-electron chi connectivity index (χ4n) is 0. The molecule has 0 radical (unpaired) electrons. The first-order valence-electron chi connectivity index (χ1n) is 0. The van der Waals surface area contributed by atoms with E-state index in [1.165, 1.54) is 0 Å². The third-order valence-corrected chi connectivity index (χ3v) is 0. The Bertz CT molecular complexity index is 8.04. The number of halogens is 6. The van der Waals surface area contributed by atoms with Gasteiger partial charge in [0, 0.05) is 0 Å². The molecule has 0 unspecified atom stereocenters. The Balaban J connectivity index is 0. The number of rotatable bonds is 0. The molecule has 0 rings (SSSR count). The van der Waals surface area contributed by atoms with Crippen molar-refractivity contribution in [1.82, 2.24) is 0 Å². The van der Waals surface area contributed by atoms with Crippen LogP contribution in [-0.4, -0.2) is 24.4 Å². The van der Waals surface area contributed by atoms with E-state index in [1.807, 2.05) is 0 Å². The SMILES string of the molecule is Cl.F.F.F.F.F.[SbH3]. The molecule has 7 heavy (non-hydrogen) atoms. The van der Waals surface area contributed by atoms with Gasteiger partial charge in [-0.15, -0.1) is 12.4 Å². The van der Waals surface area contributed by atoms with Gasteiger partial charge in [-0.2, -0.15) is 0 Å². The van der Waals surface area contributed by atoms with Crippen molar-refractivity contribution in [2.24, 2.45) is 0 Å². The van der Waals surface area contributed by atoms with Gasteiger partial charge in [-0.1, -0.05) is 0 Å². The zero-order valence-electron chi connectivity index (χ0n) is 3.16. The fraction of sp³-hybridized carbons (Fsp3) is 0. The second kappa shape index (κ2) is 390. The molecule has 0 aromatic rings. The van der Waals surface area contributed by atoms with E-state index in [2.05, 4.69) is 0 Å². The summed E-state index contributed by atoms with van der Waals surface area (Å²) < 4.78 is 0. The van der Waals surface area contributed by atoms with Gasteiger partial charge in [0.25, 0.3) is 0 Å². The normalized spacial score (nSPS) is 0. The Morgan fingerprint density at radius 1 is 0.429 bits per heavy atom. The Morgan fingerprint density at radius 3 is 0.429 bits per heavy atom. The van der Waals surface area contributed by atoms with E-state index < -0.39 is 0 Å². The molecule has 0 aliphatic heterocycles. The van der Waals surface area contributed by atoms with Gasteiger partial charge in [-0.3, -0.25) is 23.5 Å². The van der Waals surface area contributed by atoms with Crippen molar-refractivity contribution < 1.29 is 23.5 Å². The van der Waals surface area contributed by atoms with E-state index in [4.69, 9.17) is 0 Å². The summed E-state index contributed by atoms with van der Waals surface area (Å²) in [5.41, 5.74) is 0. The van der Waals surface area contributed by atoms with Gasteiger partial charge < -0.3 is 0 Å². The summed E-state index contributed by atoms with van der Waals surface area (Å²) in [6.45, 7) is 0. The van der Waals surface area contributed by atoms with Gasteiger partial charge in [0.2, 0.25) is 0 Å². The third-order valence-electron chi connectivity index (χ3n) is 0. The van der Waals surface area contributed by atoms with Crippen LogP contribution in [0.3, 0.4) is 0 Å². The summed E-state index contributed by atoms with van der Waals surface area (Å²) in [5, 5.41) is 0. The second-order valence-corrected chi connectivity index (χ2v) is 0. The molecule has 0 aromatic carbocycles. The topological polar surface area (TPSA) is 0 Å². The first-order chi connectivity index (χ1) is 0. The van der Waals surface area contributed by atoms with Crippen molar-refractivity contribution in [1.29, 1.82) is 0 Å². The van der Waals surface area contributed by atoms with Crippen molar-refractivity contribution in [2.45, 2.75) is 0 Å². The Kier molecular flexibility index (Phi) is 34300. The number of hydrogen-bond donors (Lipinski definition) is 0. The van der Waals surface area contributed by atoms with Gasteiger partial charge in [0.05, 0.1) is 0 Å². The van der Waals surface area contributed by atoms with Gasteiger partial charge >= 0.3 is 24.4 Å². The fourth-order valence-corrected chi connectivity index (χ4v) is 0. The first kappa shape index (κ1) is 616. The summed E-state index contributed by atoms with van der Waals surface area (Å²) in [6.07, 6.45) is 0. The molecule has 0 saturated carbocycles.